The Morgan fingerprint density at radius 2 is 1.87 bits per heavy atom. The molecule has 1 atom stereocenters. The van der Waals surface area contributed by atoms with E-state index in [0.29, 0.717) is 11.8 Å². The molecule has 0 radical (unpaired) electrons. The molecule has 88 valence electrons. The Bertz CT molecular complexity index is 211. The lowest BCUT2D eigenvalue weighted by molar-refractivity contribution is -0.134. The molecule has 0 amide bonds. The number of rotatable bonds is 4. The van der Waals surface area contributed by atoms with Crippen molar-refractivity contribution in [2.45, 2.75) is 57.7 Å². The summed E-state index contributed by atoms with van der Waals surface area (Å²) < 4.78 is 5.59. The van der Waals surface area contributed by atoms with Crippen molar-refractivity contribution in [3.63, 3.8) is 0 Å². The maximum atomic E-state index is 10.1. The summed E-state index contributed by atoms with van der Waals surface area (Å²) in [5, 5.41) is 10.1. The van der Waals surface area contributed by atoms with Crippen LogP contribution in [0.2, 0.25) is 0 Å². The second-order valence-corrected chi connectivity index (χ2v) is 5.47. The van der Waals surface area contributed by atoms with Crippen LogP contribution in [-0.2, 0) is 4.74 Å². The van der Waals surface area contributed by atoms with Crippen LogP contribution < -0.4 is 0 Å². The maximum absolute atomic E-state index is 10.1. The molecule has 2 heteroatoms. The number of hydrogen-bond donors (Lipinski definition) is 1. The van der Waals surface area contributed by atoms with Gasteiger partial charge in [0.25, 0.3) is 0 Å². The normalized spacial score (nSPS) is 25.9. The SMILES string of the molecule is C=CCC(O)C1(OC)CCC(C)(C)CC1. The standard InChI is InChI=1S/C13H24O2/c1-5-6-11(14)13(15-4)9-7-12(2,3)8-10-13/h5,11,14H,1,6-10H2,2-4H3. The fourth-order valence-electron chi connectivity index (χ4n) is 2.40. The van der Waals surface area contributed by atoms with Crippen LogP contribution >= 0.6 is 0 Å². The molecule has 1 saturated carbocycles. The fraction of sp³-hybridized carbons (Fsp3) is 0.846. The first-order valence-electron chi connectivity index (χ1n) is 5.80. The summed E-state index contributed by atoms with van der Waals surface area (Å²) >= 11 is 0. The van der Waals surface area contributed by atoms with Gasteiger partial charge in [-0.05, 0) is 37.5 Å². The predicted molar refractivity (Wildman–Crippen MR) is 62.8 cm³/mol. The minimum atomic E-state index is -0.406. The van der Waals surface area contributed by atoms with E-state index in [9.17, 15) is 5.11 Å². The summed E-state index contributed by atoms with van der Waals surface area (Å²) in [6.45, 7) is 8.24. The van der Waals surface area contributed by atoms with Crippen LogP contribution in [-0.4, -0.2) is 23.9 Å². The third kappa shape index (κ3) is 2.82. The van der Waals surface area contributed by atoms with Crippen LogP contribution in [0.5, 0.6) is 0 Å². The summed E-state index contributed by atoms with van der Waals surface area (Å²) in [6, 6.07) is 0. The van der Waals surface area contributed by atoms with E-state index < -0.39 is 6.10 Å². The largest absolute Gasteiger partial charge is 0.390 e. The quantitative estimate of drug-likeness (QED) is 0.726. The number of aliphatic hydroxyl groups is 1. The molecule has 15 heavy (non-hydrogen) atoms. The van der Waals surface area contributed by atoms with Gasteiger partial charge >= 0.3 is 0 Å². The molecule has 0 aliphatic heterocycles. The van der Waals surface area contributed by atoms with Crippen molar-refractivity contribution in [1.29, 1.82) is 0 Å². The molecule has 0 aromatic rings. The second kappa shape index (κ2) is 4.67. The highest BCUT2D eigenvalue weighted by molar-refractivity contribution is 4.97. The Morgan fingerprint density at radius 3 is 2.27 bits per heavy atom. The highest BCUT2D eigenvalue weighted by Gasteiger charge is 2.43. The number of aliphatic hydroxyl groups excluding tert-OH is 1. The third-order valence-corrected chi connectivity index (χ3v) is 3.85. The van der Waals surface area contributed by atoms with Gasteiger partial charge in [-0.25, -0.2) is 0 Å². The van der Waals surface area contributed by atoms with Gasteiger partial charge in [-0.15, -0.1) is 6.58 Å². The zero-order valence-corrected chi connectivity index (χ0v) is 10.3. The summed E-state index contributed by atoms with van der Waals surface area (Å²) in [7, 11) is 1.71. The summed E-state index contributed by atoms with van der Waals surface area (Å²) in [4.78, 5) is 0. The van der Waals surface area contributed by atoms with Gasteiger partial charge in [0.1, 0.15) is 0 Å². The minimum Gasteiger partial charge on any atom is -0.390 e. The molecule has 2 nitrogen and oxygen atoms in total. The summed E-state index contributed by atoms with van der Waals surface area (Å²) in [5.41, 5.74) is 0.0691. The predicted octanol–water partition coefficient (Wildman–Crippen LogP) is 2.91. The first kappa shape index (κ1) is 12.7. The molecule has 0 spiro atoms. The Kier molecular flexibility index (Phi) is 3.96. The van der Waals surface area contributed by atoms with E-state index in [0.717, 1.165) is 25.7 Å². The Hall–Kier alpha value is -0.340. The van der Waals surface area contributed by atoms with Crippen LogP contribution in [0.25, 0.3) is 0 Å². The molecule has 0 aromatic carbocycles. The van der Waals surface area contributed by atoms with Gasteiger partial charge in [-0.3, -0.25) is 0 Å². The Morgan fingerprint density at radius 1 is 1.33 bits per heavy atom. The Labute approximate surface area is 93.3 Å². The number of methoxy groups -OCH3 is 1. The van der Waals surface area contributed by atoms with Crippen LogP contribution in [0.1, 0.15) is 46.0 Å². The molecule has 0 saturated heterocycles. The fourth-order valence-corrected chi connectivity index (χ4v) is 2.40. The molecular formula is C13H24O2. The lowest BCUT2D eigenvalue weighted by atomic mass is 9.68. The van der Waals surface area contributed by atoms with Gasteiger partial charge in [-0.1, -0.05) is 19.9 Å². The van der Waals surface area contributed by atoms with Crippen molar-refractivity contribution >= 4 is 0 Å². The van der Waals surface area contributed by atoms with E-state index in [2.05, 4.69) is 20.4 Å². The molecule has 1 fully saturated rings. The first-order valence-corrected chi connectivity index (χ1v) is 5.80. The van der Waals surface area contributed by atoms with Gasteiger partial charge in [0.2, 0.25) is 0 Å². The van der Waals surface area contributed by atoms with E-state index >= 15 is 0 Å². The van der Waals surface area contributed by atoms with Crippen molar-refractivity contribution in [1.82, 2.24) is 0 Å². The van der Waals surface area contributed by atoms with E-state index in [1.165, 1.54) is 0 Å². The first-order chi connectivity index (χ1) is 6.96. The number of hydrogen-bond acceptors (Lipinski definition) is 2. The highest BCUT2D eigenvalue weighted by Crippen LogP contribution is 2.43. The van der Waals surface area contributed by atoms with E-state index in [1.54, 1.807) is 13.2 Å². The molecule has 0 aromatic heterocycles. The van der Waals surface area contributed by atoms with Crippen LogP contribution in [0, 0.1) is 5.41 Å². The van der Waals surface area contributed by atoms with Gasteiger partial charge in [0.15, 0.2) is 0 Å². The molecule has 0 heterocycles. The van der Waals surface area contributed by atoms with E-state index in [4.69, 9.17) is 4.74 Å². The summed E-state index contributed by atoms with van der Waals surface area (Å²) in [5.74, 6) is 0. The monoisotopic (exact) mass is 212 g/mol. The van der Waals surface area contributed by atoms with Crippen molar-refractivity contribution in [2.24, 2.45) is 5.41 Å². The lowest BCUT2D eigenvalue weighted by Gasteiger charge is -2.45. The molecule has 1 rings (SSSR count). The number of ether oxygens (including phenoxy) is 1. The van der Waals surface area contributed by atoms with Gasteiger partial charge < -0.3 is 9.84 Å². The third-order valence-electron chi connectivity index (χ3n) is 3.85. The van der Waals surface area contributed by atoms with Gasteiger partial charge in [0.05, 0.1) is 11.7 Å². The lowest BCUT2D eigenvalue weighted by Crippen LogP contribution is -2.48. The van der Waals surface area contributed by atoms with Crippen LogP contribution in [0.15, 0.2) is 12.7 Å². The molecule has 1 aliphatic rings. The molecule has 0 bridgehead atoms. The summed E-state index contributed by atoms with van der Waals surface area (Å²) in [6.07, 6.45) is 6.12. The van der Waals surface area contributed by atoms with Crippen molar-refractivity contribution in [3.05, 3.63) is 12.7 Å². The van der Waals surface area contributed by atoms with E-state index in [-0.39, 0.29) is 5.60 Å². The van der Waals surface area contributed by atoms with Crippen molar-refractivity contribution in [3.8, 4) is 0 Å². The van der Waals surface area contributed by atoms with Crippen molar-refractivity contribution < 1.29 is 9.84 Å². The average Bonchev–Trinajstić information content (AvgIpc) is 2.19. The highest BCUT2D eigenvalue weighted by atomic mass is 16.5. The molecule has 1 unspecified atom stereocenters. The zero-order valence-electron chi connectivity index (χ0n) is 10.3. The molecular weight excluding hydrogens is 188 g/mol. The smallest absolute Gasteiger partial charge is 0.0939 e. The van der Waals surface area contributed by atoms with Crippen LogP contribution in [0.3, 0.4) is 0 Å². The molecule has 1 aliphatic carbocycles. The van der Waals surface area contributed by atoms with Gasteiger partial charge in [0, 0.05) is 7.11 Å². The molecule has 1 N–H and O–H groups in total. The average molecular weight is 212 g/mol. The van der Waals surface area contributed by atoms with Crippen molar-refractivity contribution in [2.75, 3.05) is 7.11 Å². The Balaban J connectivity index is 2.67. The van der Waals surface area contributed by atoms with Crippen LogP contribution in [0.4, 0.5) is 0 Å². The second-order valence-electron chi connectivity index (χ2n) is 5.47. The van der Waals surface area contributed by atoms with Gasteiger partial charge in [-0.2, -0.15) is 0 Å². The van der Waals surface area contributed by atoms with E-state index in [1.807, 2.05) is 0 Å². The topological polar surface area (TPSA) is 29.5 Å². The minimum absolute atomic E-state index is 0.330. The zero-order chi connectivity index (χ0) is 11.5. The maximum Gasteiger partial charge on any atom is 0.0939 e.